The second kappa shape index (κ2) is 8.82. The number of ether oxygens (including phenoxy) is 2. The summed E-state index contributed by atoms with van der Waals surface area (Å²) in [6.07, 6.45) is 0. The number of hydrogen-bond acceptors (Lipinski definition) is 3. The molecule has 0 bridgehead atoms. The van der Waals surface area contributed by atoms with Crippen molar-refractivity contribution >= 4 is 11.7 Å². The fraction of sp³-hybridized carbons (Fsp3) is 0.316. The maximum absolute atomic E-state index is 11.9. The predicted molar refractivity (Wildman–Crippen MR) is 96.0 cm³/mol. The minimum Gasteiger partial charge on any atom is -0.494 e. The highest BCUT2D eigenvalue weighted by Gasteiger charge is 2.03. The minimum atomic E-state index is -0.245. The van der Waals surface area contributed by atoms with Gasteiger partial charge in [0.15, 0.2) is 0 Å². The second-order valence-electron chi connectivity index (χ2n) is 5.44. The standard InChI is InChI=1S/C19H24N2O3/c1-4-23-17-6-5-7-18(13-17)24-11-10-20-19(22)21-16-9-8-14(2)15(3)12-16/h5-9,12-13H,4,10-11H2,1-3H3,(H2,20,21,22). The van der Waals surface area contributed by atoms with E-state index in [0.29, 0.717) is 19.8 Å². The molecule has 0 aliphatic heterocycles. The molecule has 24 heavy (non-hydrogen) atoms. The number of aryl methyl sites for hydroxylation is 2. The molecule has 0 unspecified atom stereocenters. The van der Waals surface area contributed by atoms with E-state index < -0.39 is 0 Å². The van der Waals surface area contributed by atoms with E-state index in [1.54, 1.807) is 0 Å². The Bertz CT molecular complexity index is 686. The molecule has 0 aliphatic rings. The van der Waals surface area contributed by atoms with Gasteiger partial charge in [0.05, 0.1) is 13.2 Å². The minimum absolute atomic E-state index is 0.245. The van der Waals surface area contributed by atoms with Gasteiger partial charge in [-0.15, -0.1) is 0 Å². The van der Waals surface area contributed by atoms with Crippen molar-refractivity contribution in [1.29, 1.82) is 0 Å². The first-order valence-corrected chi connectivity index (χ1v) is 8.06. The van der Waals surface area contributed by atoms with Crippen LogP contribution in [-0.2, 0) is 0 Å². The molecule has 0 heterocycles. The molecule has 5 nitrogen and oxygen atoms in total. The lowest BCUT2D eigenvalue weighted by atomic mass is 10.1. The molecular weight excluding hydrogens is 304 g/mol. The Morgan fingerprint density at radius 3 is 2.46 bits per heavy atom. The van der Waals surface area contributed by atoms with Crippen LogP contribution in [0.5, 0.6) is 11.5 Å². The van der Waals surface area contributed by atoms with Crippen LogP contribution in [0.1, 0.15) is 18.1 Å². The van der Waals surface area contributed by atoms with E-state index in [1.165, 1.54) is 5.56 Å². The summed E-state index contributed by atoms with van der Waals surface area (Å²) in [7, 11) is 0. The van der Waals surface area contributed by atoms with Crippen LogP contribution >= 0.6 is 0 Å². The molecule has 2 amide bonds. The van der Waals surface area contributed by atoms with Crippen molar-refractivity contribution in [3.63, 3.8) is 0 Å². The van der Waals surface area contributed by atoms with Crippen molar-refractivity contribution < 1.29 is 14.3 Å². The van der Waals surface area contributed by atoms with Crippen LogP contribution in [0.4, 0.5) is 10.5 Å². The topological polar surface area (TPSA) is 59.6 Å². The van der Waals surface area contributed by atoms with Gasteiger partial charge in [-0.3, -0.25) is 0 Å². The quantitative estimate of drug-likeness (QED) is 0.758. The molecule has 0 saturated heterocycles. The summed E-state index contributed by atoms with van der Waals surface area (Å²) in [6, 6.07) is 13.0. The van der Waals surface area contributed by atoms with Gasteiger partial charge in [0.2, 0.25) is 0 Å². The Hall–Kier alpha value is -2.69. The molecule has 128 valence electrons. The summed E-state index contributed by atoms with van der Waals surface area (Å²) < 4.78 is 11.0. The maximum Gasteiger partial charge on any atom is 0.319 e. The number of urea groups is 1. The summed E-state index contributed by atoms with van der Waals surface area (Å²) in [5.41, 5.74) is 3.12. The van der Waals surface area contributed by atoms with Crippen LogP contribution in [0.15, 0.2) is 42.5 Å². The van der Waals surface area contributed by atoms with Gasteiger partial charge >= 0.3 is 6.03 Å². The van der Waals surface area contributed by atoms with E-state index in [9.17, 15) is 4.79 Å². The summed E-state index contributed by atoms with van der Waals surface area (Å²) >= 11 is 0. The zero-order chi connectivity index (χ0) is 17.4. The van der Waals surface area contributed by atoms with Crippen LogP contribution in [0.3, 0.4) is 0 Å². The number of anilines is 1. The van der Waals surface area contributed by atoms with E-state index >= 15 is 0 Å². The Balaban J connectivity index is 1.72. The Morgan fingerprint density at radius 2 is 1.75 bits per heavy atom. The molecule has 2 N–H and O–H groups in total. The molecular formula is C19H24N2O3. The highest BCUT2D eigenvalue weighted by Crippen LogP contribution is 2.19. The van der Waals surface area contributed by atoms with Gasteiger partial charge in [-0.25, -0.2) is 4.79 Å². The van der Waals surface area contributed by atoms with Gasteiger partial charge in [0, 0.05) is 11.8 Å². The summed E-state index contributed by atoms with van der Waals surface area (Å²) in [5, 5.41) is 5.58. The van der Waals surface area contributed by atoms with Crippen LogP contribution in [0, 0.1) is 13.8 Å². The van der Waals surface area contributed by atoms with E-state index in [1.807, 2.05) is 63.2 Å². The van der Waals surface area contributed by atoms with Crippen molar-refractivity contribution in [1.82, 2.24) is 5.32 Å². The summed E-state index contributed by atoms with van der Waals surface area (Å²) in [6.45, 7) is 7.40. The lowest BCUT2D eigenvalue weighted by Gasteiger charge is -2.11. The molecule has 0 aliphatic carbocycles. The average Bonchev–Trinajstić information content (AvgIpc) is 2.56. The van der Waals surface area contributed by atoms with Crippen molar-refractivity contribution in [3.8, 4) is 11.5 Å². The molecule has 2 aromatic carbocycles. The number of hydrogen-bond donors (Lipinski definition) is 2. The number of rotatable bonds is 7. The molecule has 0 fully saturated rings. The van der Waals surface area contributed by atoms with Gasteiger partial charge in [0.1, 0.15) is 18.1 Å². The lowest BCUT2D eigenvalue weighted by Crippen LogP contribution is -2.32. The number of carbonyl (C=O) groups excluding carboxylic acids is 1. The van der Waals surface area contributed by atoms with Crippen LogP contribution < -0.4 is 20.1 Å². The molecule has 0 atom stereocenters. The van der Waals surface area contributed by atoms with Gasteiger partial charge in [-0.2, -0.15) is 0 Å². The van der Waals surface area contributed by atoms with Crippen LogP contribution in [-0.4, -0.2) is 25.8 Å². The van der Waals surface area contributed by atoms with E-state index in [0.717, 1.165) is 22.7 Å². The molecule has 5 heteroatoms. The van der Waals surface area contributed by atoms with Crippen molar-refractivity contribution in [2.45, 2.75) is 20.8 Å². The first-order chi connectivity index (χ1) is 11.6. The number of amides is 2. The fourth-order valence-corrected chi connectivity index (χ4v) is 2.15. The third-order valence-corrected chi connectivity index (χ3v) is 3.54. The largest absolute Gasteiger partial charge is 0.494 e. The SMILES string of the molecule is CCOc1cccc(OCCNC(=O)Nc2ccc(C)c(C)c2)c1. The van der Waals surface area contributed by atoms with Crippen molar-refractivity contribution in [2.75, 3.05) is 25.1 Å². The van der Waals surface area contributed by atoms with E-state index in [4.69, 9.17) is 9.47 Å². The zero-order valence-corrected chi connectivity index (χ0v) is 14.4. The average molecular weight is 328 g/mol. The van der Waals surface area contributed by atoms with Crippen molar-refractivity contribution in [3.05, 3.63) is 53.6 Å². The molecule has 2 rings (SSSR count). The molecule has 0 saturated carbocycles. The Morgan fingerprint density at radius 1 is 1.00 bits per heavy atom. The highest BCUT2D eigenvalue weighted by molar-refractivity contribution is 5.89. The third kappa shape index (κ3) is 5.50. The normalized spacial score (nSPS) is 10.1. The molecule has 2 aromatic rings. The van der Waals surface area contributed by atoms with Gasteiger partial charge < -0.3 is 20.1 Å². The summed E-state index contributed by atoms with van der Waals surface area (Å²) in [5.74, 6) is 1.49. The van der Waals surface area contributed by atoms with Gasteiger partial charge in [0.25, 0.3) is 0 Å². The first-order valence-electron chi connectivity index (χ1n) is 8.06. The van der Waals surface area contributed by atoms with Crippen molar-refractivity contribution in [2.24, 2.45) is 0 Å². The highest BCUT2D eigenvalue weighted by atomic mass is 16.5. The third-order valence-electron chi connectivity index (χ3n) is 3.54. The monoisotopic (exact) mass is 328 g/mol. The molecule has 0 radical (unpaired) electrons. The smallest absolute Gasteiger partial charge is 0.319 e. The van der Waals surface area contributed by atoms with E-state index in [2.05, 4.69) is 10.6 Å². The Labute approximate surface area is 143 Å². The summed E-state index contributed by atoms with van der Waals surface area (Å²) in [4.78, 5) is 11.9. The Kier molecular flexibility index (Phi) is 6.49. The zero-order valence-electron chi connectivity index (χ0n) is 14.4. The van der Waals surface area contributed by atoms with Crippen LogP contribution in [0.2, 0.25) is 0 Å². The van der Waals surface area contributed by atoms with Gasteiger partial charge in [-0.1, -0.05) is 12.1 Å². The molecule has 0 spiro atoms. The lowest BCUT2D eigenvalue weighted by molar-refractivity contribution is 0.247. The van der Waals surface area contributed by atoms with E-state index in [-0.39, 0.29) is 6.03 Å². The second-order valence-corrected chi connectivity index (χ2v) is 5.44. The number of carbonyl (C=O) groups is 1. The maximum atomic E-state index is 11.9. The predicted octanol–water partition coefficient (Wildman–Crippen LogP) is 3.90. The molecule has 0 aromatic heterocycles. The fourth-order valence-electron chi connectivity index (χ4n) is 2.15. The van der Waals surface area contributed by atoms with Crippen LogP contribution in [0.25, 0.3) is 0 Å². The first kappa shape index (κ1) is 17.7. The van der Waals surface area contributed by atoms with Gasteiger partial charge in [-0.05, 0) is 56.2 Å². The number of nitrogens with one attached hydrogen (secondary N) is 2. The number of benzene rings is 2.